The number of aromatic nitrogens is 16. The lowest BCUT2D eigenvalue weighted by molar-refractivity contribution is -0.797. The van der Waals surface area contributed by atoms with Gasteiger partial charge >= 0.3 is 30.0 Å². The Hall–Kier alpha value is -9.86. The number of halogens is 4. The number of hydrogen-bond acceptors (Lipinski definition) is 27. The highest BCUT2D eigenvalue weighted by Gasteiger charge is 2.29. The molecule has 10 heterocycles. The Bertz CT molecular complexity index is 3200. The number of hydrogen-bond donors (Lipinski definition) is 7. The molecule has 81 heavy (non-hydrogen) atoms. The second kappa shape index (κ2) is 28.1. The van der Waals surface area contributed by atoms with Crippen molar-refractivity contribution in [2.45, 2.75) is 82.3 Å². The van der Waals surface area contributed by atoms with E-state index in [1.54, 1.807) is 15.8 Å². The summed E-state index contributed by atoms with van der Waals surface area (Å²) in [6.07, 6.45) is 12.2. The number of likely N-dealkylation sites (tertiary alicyclic amines) is 1. The molecule has 0 unspecified atom stereocenters. The van der Waals surface area contributed by atoms with Gasteiger partial charge in [0.2, 0.25) is 0 Å². The Morgan fingerprint density at radius 1 is 0.568 bits per heavy atom. The Balaban J connectivity index is 0.000000147. The molecule has 0 spiro atoms. The van der Waals surface area contributed by atoms with Crippen molar-refractivity contribution in [2.75, 3.05) is 85.1 Å². The van der Waals surface area contributed by atoms with Gasteiger partial charge in [-0.2, -0.15) is 35.7 Å². The van der Waals surface area contributed by atoms with E-state index < -0.39 is 23.3 Å². The molecule has 4 fully saturated rings. The van der Waals surface area contributed by atoms with Gasteiger partial charge in [0.1, 0.15) is 24.4 Å². The number of rotatable bonds is 12. The van der Waals surface area contributed by atoms with E-state index in [4.69, 9.17) is 47.1 Å². The van der Waals surface area contributed by atoms with Gasteiger partial charge in [0.25, 0.3) is 5.95 Å². The predicted octanol–water partition coefficient (Wildman–Crippen LogP) is 1.18. The lowest BCUT2D eigenvalue weighted by Crippen LogP contribution is -2.42. The lowest BCUT2D eigenvalue weighted by Gasteiger charge is -2.30. The number of tetrazole rings is 2. The molecule has 11 rings (SSSR count). The van der Waals surface area contributed by atoms with E-state index in [1.807, 2.05) is 28.0 Å². The van der Waals surface area contributed by atoms with Gasteiger partial charge in [0.05, 0.1) is 41.5 Å². The summed E-state index contributed by atoms with van der Waals surface area (Å²) in [4.78, 5) is 37.3. The van der Waals surface area contributed by atoms with Crippen LogP contribution in [0.2, 0.25) is 0 Å². The van der Waals surface area contributed by atoms with E-state index in [2.05, 4.69) is 93.5 Å². The van der Waals surface area contributed by atoms with Gasteiger partial charge in [-0.15, -0.1) is 5.10 Å². The maximum absolute atomic E-state index is 13.2. The van der Waals surface area contributed by atoms with Crippen molar-refractivity contribution < 1.29 is 41.3 Å². The highest BCUT2D eigenvalue weighted by atomic mass is 19.1. The maximum atomic E-state index is 13.2. The van der Waals surface area contributed by atoms with Gasteiger partial charge < -0.3 is 61.9 Å². The summed E-state index contributed by atoms with van der Waals surface area (Å²) < 4.78 is 74.0. The number of nitrogen functional groups attached to an aromatic ring is 4. The number of nitrogens with zero attached hydrogens (tertiary/aromatic N) is 19. The molecule has 0 radical (unpaired) electrons. The van der Waals surface area contributed by atoms with Crippen molar-refractivity contribution in [2.24, 2.45) is 0 Å². The van der Waals surface area contributed by atoms with Crippen molar-refractivity contribution in [3.05, 3.63) is 83.4 Å². The third-order valence-corrected chi connectivity index (χ3v) is 12.7. The number of piperidine rings is 4. The van der Waals surface area contributed by atoms with Crippen LogP contribution in [-0.2, 0) is 6.54 Å². The molecule has 11 N–H and O–H groups in total. The minimum absolute atomic E-state index is 0.0389. The molecule has 0 bridgehead atoms. The molecule has 0 amide bonds. The van der Waals surface area contributed by atoms with E-state index in [9.17, 15) is 22.8 Å². The summed E-state index contributed by atoms with van der Waals surface area (Å²) in [6.45, 7) is 6.42. The molecule has 4 aliphatic heterocycles. The standard InChI is InChI=1S/C18H18FN9O.C10H13FN8O.C10H12FN5O.C9H13FN4O/c19-15-10-22-18(23-16(15)21)29-14-5-7-27(8-6-14)17-24-26-28(25-17)11-13-4-2-1-3-12(13)9-20;11-7-5-13-10(14-8(7)12)20-6-1-3-19(4-2-6)9-15-17-18-16-9;11-8-5-14-10(15-9(8)13)17-7-1-3-16(6-12)4-2-7;10-7-5-13-9(14-8(7)11)15-6-1-3-12-4-2-6/h1-4,10,14H,5-8,11H2,(H2,21,22,23);5-6H,1-4H2,(H2,12,13,14)(H,15,16,17,18);5,7H,1-4H2,(H2,13,14,15);5-6,12H,1-4H2,(H2,11,13,14)/p+1. The quantitative estimate of drug-likeness (QED) is 0.0513. The minimum Gasteiger partial charge on any atom is -0.460 e. The lowest BCUT2D eigenvalue weighted by atomic mass is 10.1. The topological polar surface area (TPSA) is 413 Å². The van der Waals surface area contributed by atoms with Crippen molar-refractivity contribution in [3.8, 4) is 36.3 Å². The molecule has 7 aromatic rings. The molecular weight excluding hydrogens is 1070 g/mol. The van der Waals surface area contributed by atoms with Crippen LogP contribution in [0.15, 0.2) is 49.1 Å². The van der Waals surface area contributed by atoms with Crippen molar-refractivity contribution in [1.29, 1.82) is 10.5 Å². The first kappa shape index (κ1) is 57.3. The normalized spacial score (nSPS) is 16.0. The maximum Gasteiger partial charge on any atom is 0.403 e. The van der Waals surface area contributed by atoms with Gasteiger partial charge in [0.15, 0.2) is 59.3 Å². The second-order valence-corrected chi connectivity index (χ2v) is 18.3. The van der Waals surface area contributed by atoms with E-state index in [0.29, 0.717) is 75.9 Å². The number of nitrogens with one attached hydrogen (secondary N) is 3. The average molecular weight is 1130 g/mol. The van der Waals surface area contributed by atoms with Crippen molar-refractivity contribution in [3.63, 3.8) is 0 Å². The van der Waals surface area contributed by atoms with Gasteiger partial charge in [0, 0.05) is 88.5 Å². The summed E-state index contributed by atoms with van der Waals surface area (Å²) in [6, 6.07) is 9.97. The number of nitrogens with two attached hydrogens (primary N) is 4. The molecule has 6 aromatic heterocycles. The van der Waals surface area contributed by atoms with Crippen LogP contribution >= 0.6 is 0 Å². The third kappa shape index (κ3) is 16.8. The van der Waals surface area contributed by atoms with Crippen LogP contribution in [0.5, 0.6) is 24.0 Å². The smallest absolute Gasteiger partial charge is 0.403 e. The van der Waals surface area contributed by atoms with Gasteiger partial charge in [-0.1, -0.05) is 28.1 Å². The van der Waals surface area contributed by atoms with Crippen LogP contribution in [0, 0.1) is 46.1 Å². The molecule has 0 aliphatic carbocycles. The largest absolute Gasteiger partial charge is 0.460 e. The highest BCUT2D eigenvalue weighted by Crippen LogP contribution is 2.23. The molecule has 4 saturated heterocycles. The summed E-state index contributed by atoms with van der Waals surface area (Å²) >= 11 is 0. The highest BCUT2D eigenvalue weighted by molar-refractivity contribution is 5.37. The number of ether oxygens (including phenoxy) is 4. The van der Waals surface area contributed by atoms with Gasteiger partial charge in [-0.25, -0.2) is 37.5 Å². The Morgan fingerprint density at radius 3 is 1.40 bits per heavy atom. The van der Waals surface area contributed by atoms with Gasteiger partial charge in [-0.05, 0) is 42.4 Å². The van der Waals surface area contributed by atoms with Crippen LogP contribution < -0.4 is 61.8 Å². The van der Waals surface area contributed by atoms with E-state index in [0.717, 1.165) is 82.2 Å². The minimum atomic E-state index is -0.664. The van der Waals surface area contributed by atoms with E-state index in [1.165, 1.54) is 0 Å². The SMILES string of the molecule is N#CN1CCC(Oc2ncc(F)c(N)n2)CC1.N#Cc1ccccc1C[n+]1nc(N2CCC(Oc3ncc(F)c(N)n3)CC2)n[nH]1.Nc1nc(OC2CCN(c3nn[nH]n3)CC2)ncc1F.Nc1nc(OC2CCNCC2)ncc1F. The van der Waals surface area contributed by atoms with Crippen molar-refractivity contribution in [1.82, 2.24) is 86.1 Å². The zero-order valence-electron chi connectivity index (χ0n) is 43.4. The van der Waals surface area contributed by atoms with Gasteiger partial charge in [-0.3, -0.25) is 0 Å². The predicted molar refractivity (Wildman–Crippen MR) is 276 cm³/mol. The van der Waals surface area contributed by atoms with Crippen LogP contribution in [0.3, 0.4) is 0 Å². The number of nitriles is 2. The zero-order valence-corrected chi connectivity index (χ0v) is 43.4. The third-order valence-electron chi connectivity index (χ3n) is 12.7. The van der Waals surface area contributed by atoms with E-state index >= 15 is 0 Å². The van der Waals surface area contributed by atoms with E-state index in [-0.39, 0.29) is 71.7 Å². The molecule has 4 aliphatic rings. The molecule has 30 nitrogen and oxygen atoms in total. The molecule has 426 valence electrons. The first-order valence-electron chi connectivity index (χ1n) is 25.5. The fourth-order valence-electron chi connectivity index (χ4n) is 8.29. The number of benzene rings is 1. The Kier molecular flexibility index (Phi) is 19.9. The zero-order chi connectivity index (χ0) is 57.1. The summed E-state index contributed by atoms with van der Waals surface area (Å²) in [5.41, 5.74) is 22.9. The van der Waals surface area contributed by atoms with Crippen LogP contribution in [-0.4, -0.2) is 158 Å². The summed E-state index contributed by atoms with van der Waals surface area (Å²) in [7, 11) is 0. The molecule has 1 aromatic carbocycles. The van der Waals surface area contributed by atoms with Crippen molar-refractivity contribution >= 4 is 35.2 Å². The first-order chi connectivity index (χ1) is 39.3. The second-order valence-electron chi connectivity index (χ2n) is 18.3. The fraction of sp³-hybridized carbons (Fsp3) is 0.447. The van der Waals surface area contributed by atoms with Crippen LogP contribution in [0.4, 0.5) is 52.7 Å². The Labute approximate surface area is 459 Å². The Morgan fingerprint density at radius 2 is 0.988 bits per heavy atom. The van der Waals surface area contributed by atoms with Crippen LogP contribution in [0.25, 0.3) is 0 Å². The average Bonchev–Trinajstić information content (AvgIpc) is 4.21. The fourth-order valence-corrected chi connectivity index (χ4v) is 8.29. The molecule has 34 heteroatoms. The first-order valence-corrected chi connectivity index (χ1v) is 25.5. The summed E-state index contributed by atoms with van der Waals surface area (Å²) in [5.74, 6) is -2.25. The molecular formula is C47H57F4N26O4+. The molecule has 0 saturated carbocycles. The molecule has 0 atom stereocenters. The number of H-pyrrole nitrogens is 2. The summed E-state index contributed by atoms with van der Waals surface area (Å²) in [5, 5.41) is 46.5. The number of anilines is 6. The number of aromatic amines is 2. The van der Waals surface area contributed by atoms with Crippen LogP contribution in [0.1, 0.15) is 62.5 Å². The monoisotopic (exact) mass is 1130 g/mol.